The molecule has 0 amide bonds. The molecule has 142 valence electrons. The number of likely N-dealkylation sites (N-methyl/N-ethyl adjacent to an activating group) is 1. The summed E-state index contributed by atoms with van der Waals surface area (Å²) >= 11 is 0. The number of rotatable bonds is 5. The second-order valence-electron chi connectivity index (χ2n) is 9.72. The van der Waals surface area contributed by atoms with Crippen molar-refractivity contribution in [2.24, 2.45) is 5.41 Å². The highest BCUT2D eigenvalue weighted by Crippen LogP contribution is 2.58. The Labute approximate surface area is 159 Å². The fourth-order valence-corrected chi connectivity index (χ4v) is 4.72. The van der Waals surface area contributed by atoms with Gasteiger partial charge < -0.3 is 9.33 Å². The van der Waals surface area contributed by atoms with Crippen molar-refractivity contribution in [3.05, 3.63) is 41.0 Å². The lowest BCUT2D eigenvalue weighted by Crippen LogP contribution is -2.40. The molecule has 1 saturated carbocycles. The molecule has 2 aliphatic rings. The molecule has 1 heterocycles. The van der Waals surface area contributed by atoms with E-state index in [9.17, 15) is 4.79 Å². The first-order chi connectivity index (χ1) is 12.1. The summed E-state index contributed by atoms with van der Waals surface area (Å²) in [5.41, 5.74) is 4.89. The summed E-state index contributed by atoms with van der Waals surface area (Å²) in [7, 11) is 0.381. The van der Waals surface area contributed by atoms with Gasteiger partial charge in [0.25, 0.3) is 0 Å². The van der Waals surface area contributed by atoms with Crippen LogP contribution in [0.4, 0.5) is 0 Å². The van der Waals surface area contributed by atoms with E-state index >= 15 is 0 Å². The Morgan fingerprint density at radius 2 is 1.81 bits per heavy atom. The maximum atomic E-state index is 11.7. The monoisotopic (exact) mass is 371 g/mol. The van der Waals surface area contributed by atoms with Crippen LogP contribution < -0.4 is 0 Å². The van der Waals surface area contributed by atoms with Crippen LogP contribution in [0, 0.1) is 5.41 Å². The van der Waals surface area contributed by atoms with Gasteiger partial charge in [0.1, 0.15) is 6.29 Å². The summed E-state index contributed by atoms with van der Waals surface area (Å²) < 4.78 is 6.34. The standard InChI is InChI=1S/C22H33NO2Si/c1-21(2,3)26(5,6)25-15-17-7-9-18(10-8-17)20-19(14-24)13-23(4)16-22(20)11-12-22/h7-10,14H,11-13,15-16H2,1-6H3. The number of hydrogen-bond acceptors (Lipinski definition) is 3. The molecule has 0 aromatic heterocycles. The molecule has 1 aromatic rings. The van der Waals surface area contributed by atoms with Crippen LogP contribution in [0.5, 0.6) is 0 Å². The summed E-state index contributed by atoms with van der Waals surface area (Å²) in [4.78, 5) is 14.0. The number of carbonyl (C=O) groups is 1. The van der Waals surface area contributed by atoms with Crippen LogP contribution in [0.1, 0.15) is 44.7 Å². The molecule has 26 heavy (non-hydrogen) atoms. The SMILES string of the molecule is CN1CC(C=O)=C(c2ccc(CO[Si](C)(C)C(C)(C)C)cc2)C2(CC2)C1. The van der Waals surface area contributed by atoms with Crippen LogP contribution in [0.25, 0.3) is 5.57 Å². The molecule has 4 heteroatoms. The Balaban J connectivity index is 1.79. The zero-order valence-electron chi connectivity index (χ0n) is 17.2. The van der Waals surface area contributed by atoms with E-state index < -0.39 is 8.32 Å². The van der Waals surface area contributed by atoms with Crippen LogP contribution in [0.15, 0.2) is 29.8 Å². The Hall–Kier alpha value is -1.23. The third kappa shape index (κ3) is 3.73. The van der Waals surface area contributed by atoms with Crippen molar-refractivity contribution in [1.29, 1.82) is 0 Å². The zero-order valence-corrected chi connectivity index (χ0v) is 18.2. The van der Waals surface area contributed by atoms with Gasteiger partial charge >= 0.3 is 0 Å². The largest absolute Gasteiger partial charge is 0.413 e. The van der Waals surface area contributed by atoms with E-state index in [0.29, 0.717) is 6.61 Å². The summed E-state index contributed by atoms with van der Waals surface area (Å²) in [6, 6.07) is 8.72. The first-order valence-corrected chi connectivity index (χ1v) is 12.6. The van der Waals surface area contributed by atoms with Crippen LogP contribution in [0.3, 0.4) is 0 Å². The van der Waals surface area contributed by atoms with Crippen molar-refractivity contribution in [3.63, 3.8) is 0 Å². The molecule has 3 rings (SSSR count). The van der Waals surface area contributed by atoms with Gasteiger partial charge in [-0.25, -0.2) is 0 Å². The van der Waals surface area contributed by atoms with E-state index in [4.69, 9.17) is 4.43 Å². The first kappa shape index (κ1) is 19.5. The normalized spacial score (nSPS) is 20.5. The van der Waals surface area contributed by atoms with Gasteiger partial charge in [-0.3, -0.25) is 4.79 Å². The molecule has 0 radical (unpaired) electrons. The van der Waals surface area contributed by atoms with E-state index in [2.05, 4.69) is 70.1 Å². The lowest BCUT2D eigenvalue weighted by Gasteiger charge is -2.36. The topological polar surface area (TPSA) is 29.5 Å². The van der Waals surface area contributed by atoms with Gasteiger partial charge in [0.15, 0.2) is 8.32 Å². The molecule has 1 aliphatic heterocycles. The van der Waals surface area contributed by atoms with E-state index in [1.807, 2.05) is 0 Å². The van der Waals surface area contributed by atoms with Crippen molar-refractivity contribution in [2.45, 2.75) is 58.4 Å². The summed E-state index contributed by atoms with van der Waals surface area (Å²) in [5.74, 6) is 0. The summed E-state index contributed by atoms with van der Waals surface area (Å²) in [6.07, 6.45) is 3.46. The number of aldehydes is 1. The third-order valence-corrected chi connectivity index (χ3v) is 11.0. The molecule has 0 N–H and O–H groups in total. The highest BCUT2D eigenvalue weighted by atomic mass is 28.4. The number of benzene rings is 1. The van der Waals surface area contributed by atoms with Crippen molar-refractivity contribution in [2.75, 3.05) is 20.1 Å². The molecule has 1 spiro atoms. The molecule has 1 fully saturated rings. The number of nitrogens with zero attached hydrogens (tertiary/aromatic N) is 1. The van der Waals surface area contributed by atoms with Gasteiger partial charge in [0, 0.05) is 24.1 Å². The second kappa shape index (κ2) is 6.74. The average Bonchev–Trinajstić information content (AvgIpc) is 3.31. The van der Waals surface area contributed by atoms with E-state index in [-0.39, 0.29) is 10.5 Å². The number of hydrogen-bond donors (Lipinski definition) is 0. The molecular weight excluding hydrogens is 338 g/mol. The Morgan fingerprint density at radius 3 is 2.31 bits per heavy atom. The molecule has 1 aliphatic carbocycles. The van der Waals surface area contributed by atoms with Crippen LogP contribution >= 0.6 is 0 Å². The zero-order chi connectivity index (χ0) is 19.2. The van der Waals surface area contributed by atoms with Gasteiger partial charge in [-0.05, 0) is 54.7 Å². The van der Waals surface area contributed by atoms with Crippen molar-refractivity contribution in [1.82, 2.24) is 4.90 Å². The Morgan fingerprint density at radius 1 is 1.19 bits per heavy atom. The average molecular weight is 372 g/mol. The molecule has 0 bridgehead atoms. The fraction of sp³-hybridized carbons (Fsp3) is 0.591. The first-order valence-electron chi connectivity index (χ1n) is 9.69. The highest BCUT2D eigenvalue weighted by Gasteiger charge is 2.50. The van der Waals surface area contributed by atoms with Crippen LogP contribution in [-0.4, -0.2) is 39.6 Å². The van der Waals surface area contributed by atoms with Crippen LogP contribution in [-0.2, 0) is 15.8 Å². The fourth-order valence-electron chi connectivity index (χ4n) is 3.76. The Kier molecular flexibility index (Phi) is 5.06. The lowest BCUT2D eigenvalue weighted by molar-refractivity contribution is -0.105. The molecule has 0 atom stereocenters. The molecule has 0 unspecified atom stereocenters. The van der Waals surface area contributed by atoms with E-state index in [0.717, 1.165) is 24.9 Å². The van der Waals surface area contributed by atoms with E-state index in [1.165, 1.54) is 29.5 Å². The smallest absolute Gasteiger partial charge is 0.192 e. The summed E-state index contributed by atoms with van der Waals surface area (Å²) in [5, 5.41) is 0.225. The minimum absolute atomic E-state index is 0.211. The van der Waals surface area contributed by atoms with Gasteiger partial charge in [0.2, 0.25) is 0 Å². The maximum Gasteiger partial charge on any atom is 0.192 e. The minimum atomic E-state index is -1.73. The van der Waals surface area contributed by atoms with Crippen LogP contribution in [0.2, 0.25) is 18.1 Å². The third-order valence-electron chi connectivity index (χ3n) is 6.51. The Bertz CT molecular complexity index is 709. The predicted molar refractivity (Wildman–Crippen MR) is 111 cm³/mol. The quantitative estimate of drug-likeness (QED) is 0.545. The van der Waals surface area contributed by atoms with Gasteiger partial charge in [-0.15, -0.1) is 0 Å². The molecule has 1 aromatic carbocycles. The highest BCUT2D eigenvalue weighted by molar-refractivity contribution is 6.74. The van der Waals surface area contributed by atoms with Crippen molar-refractivity contribution in [3.8, 4) is 0 Å². The van der Waals surface area contributed by atoms with Crippen molar-refractivity contribution >= 4 is 20.2 Å². The maximum absolute atomic E-state index is 11.7. The predicted octanol–water partition coefficient (Wildman–Crippen LogP) is 4.89. The molecule has 3 nitrogen and oxygen atoms in total. The summed E-state index contributed by atoms with van der Waals surface area (Å²) in [6.45, 7) is 13.9. The molecular formula is C22H33NO2Si. The second-order valence-corrected chi connectivity index (χ2v) is 14.5. The van der Waals surface area contributed by atoms with Gasteiger partial charge in [0.05, 0.1) is 6.61 Å². The minimum Gasteiger partial charge on any atom is -0.413 e. The van der Waals surface area contributed by atoms with Gasteiger partial charge in [-0.1, -0.05) is 45.0 Å². The van der Waals surface area contributed by atoms with E-state index in [1.54, 1.807) is 0 Å². The van der Waals surface area contributed by atoms with Gasteiger partial charge in [-0.2, -0.15) is 0 Å². The van der Waals surface area contributed by atoms with Crippen molar-refractivity contribution < 1.29 is 9.22 Å². The number of carbonyl (C=O) groups excluding carboxylic acids is 1. The lowest BCUT2D eigenvalue weighted by atomic mass is 9.82. The molecule has 0 saturated heterocycles.